The van der Waals surface area contributed by atoms with Gasteiger partial charge in [-0.15, -0.1) is 12.4 Å². The molecule has 3 nitrogen and oxygen atoms in total. The lowest BCUT2D eigenvalue weighted by Crippen LogP contribution is -2.45. The standard InChI is InChI=1S/C21H26N2O.ClH/c24-21(14-18-6-3-5-17-4-1-2-7-20(17)18)23-12-10-19(11-13-23)22-15-16-8-9-16;/h1-7,16,19,22H,8-15H2;1H. The van der Waals surface area contributed by atoms with Crippen LogP contribution in [0.15, 0.2) is 42.5 Å². The molecule has 134 valence electrons. The van der Waals surface area contributed by atoms with Gasteiger partial charge >= 0.3 is 0 Å². The first kappa shape index (κ1) is 18.2. The highest BCUT2D eigenvalue weighted by molar-refractivity contribution is 5.90. The number of fused-ring (bicyclic) bond motifs is 1. The molecule has 0 spiro atoms. The zero-order valence-corrected chi connectivity index (χ0v) is 15.4. The van der Waals surface area contributed by atoms with Gasteiger partial charge in [0.05, 0.1) is 6.42 Å². The number of hydrogen-bond donors (Lipinski definition) is 1. The second-order valence-corrected chi connectivity index (χ2v) is 7.32. The summed E-state index contributed by atoms with van der Waals surface area (Å²) in [6, 6.07) is 15.2. The summed E-state index contributed by atoms with van der Waals surface area (Å²) < 4.78 is 0. The number of rotatable bonds is 5. The third-order valence-electron chi connectivity index (χ3n) is 5.46. The summed E-state index contributed by atoms with van der Waals surface area (Å²) in [5, 5.41) is 6.10. The van der Waals surface area contributed by atoms with Crippen LogP contribution in [0.3, 0.4) is 0 Å². The Kier molecular flexibility index (Phi) is 5.98. The number of amides is 1. The highest BCUT2D eigenvalue weighted by Crippen LogP contribution is 2.28. The Morgan fingerprint density at radius 1 is 1.00 bits per heavy atom. The molecule has 1 heterocycles. The molecule has 0 radical (unpaired) electrons. The fourth-order valence-corrected chi connectivity index (χ4v) is 3.71. The van der Waals surface area contributed by atoms with Gasteiger partial charge < -0.3 is 10.2 Å². The summed E-state index contributed by atoms with van der Waals surface area (Å²) in [6.45, 7) is 2.96. The van der Waals surface area contributed by atoms with Gasteiger partial charge in [-0.25, -0.2) is 0 Å². The quantitative estimate of drug-likeness (QED) is 0.881. The van der Waals surface area contributed by atoms with E-state index in [1.165, 1.54) is 30.2 Å². The Morgan fingerprint density at radius 2 is 1.72 bits per heavy atom. The average Bonchev–Trinajstić information content (AvgIpc) is 3.45. The van der Waals surface area contributed by atoms with Gasteiger partial charge in [0, 0.05) is 19.1 Å². The van der Waals surface area contributed by atoms with Gasteiger partial charge in [0.2, 0.25) is 5.91 Å². The molecule has 0 bridgehead atoms. The molecule has 2 aromatic rings. The van der Waals surface area contributed by atoms with Crippen molar-refractivity contribution in [3.05, 3.63) is 48.0 Å². The van der Waals surface area contributed by atoms with Gasteiger partial charge in [0.25, 0.3) is 0 Å². The Labute approximate surface area is 156 Å². The highest BCUT2D eigenvalue weighted by Gasteiger charge is 2.26. The summed E-state index contributed by atoms with van der Waals surface area (Å²) in [4.78, 5) is 14.8. The van der Waals surface area contributed by atoms with Crippen molar-refractivity contribution < 1.29 is 4.79 Å². The summed E-state index contributed by atoms with van der Waals surface area (Å²) in [5.41, 5.74) is 1.15. The Hall–Kier alpha value is -1.58. The van der Waals surface area contributed by atoms with Crippen LogP contribution < -0.4 is 5.32 Å². The number of hydrogen-bond acceptors (Lipinski definition) is 2. The Morgan fingerprint density at radius 3 is 2.48 bits per heavy atom. The van der Waals surface area contributed by atoms with Gasteiger partial charge in [-0.1, -0.05) is 42.5 Å². The molecule has 0 atom stereocenters. The first-order valence-electron chi connectivity index (χ1n) is 9.27. The maximum absolute atomic E-state index is 12.7. The SMILES string of the molecule is Cl.O=C(Cc1cccc2ccccc12)N1CCC(NCC2CC2)CC1. The molecule has 0 aromatic heterocycles. The van der Waals surface area contributed by atoms with Gasteiger partial charge in [0.1, 0.15) is 0 Å². The van der Waals surface area contributed by atoms with E-state index in [4.69, 9.17) is 0 Å². The zero-order chi connectivity index (χ0) is 16.4. The molecule has 1 amide bonds. The molecule has 1 saturated carbocycles. The van der Waals surface area contributed by atoms with Crippen molar-refractivity contribution >= 4 is 29.1 Å². The second kappa shape index (κ2) is 8.20. The van der Waals surface area contributed by atoms with Gasteiger partial charge in [0.15, 0.2) is 0 Å². The van der Waals surface area contributed by atoms with Crippen LogP contribution in [0.1, 0.15) is 31.2 Å². The largest absolute Gasteiger partial charge is 0.342 e. The number of nitrogens with zero attached hydrogens (tertiary/aromatic N) is 1. The molecule has 1 saturated heterocycles. The van der Waals surface area contributed by atoms with Crippen LogP contribution in [0.4, 0.5) is 0 Å². The third kappa shape index (κ3) is 4.53. The summed E-state index contributed by atoms with van der Waals surface area (Å²) in [5.74, 6) is 1.20. The monoisotopic (exact) mass is 358 g/mol. The summed E-state index contributed by atoms with van der Waals surface area (Å²) >= 11 is 0. The smallest absolute Gasteiger partial charge is 0.227 e. The molecule has 1 aliphatic heterocycles. The van der Waals surface area contributed by atoms with E-state index in [0.29, 0.717) is 12.5 Å². The van der Waals surface area contributed by atoms with Crippen LogP contribution in [0.2, 0.25) is 0 Å². The maximum atomic E-state index is 12.7. The molecule has 1 aliphatic carbocycles. The minimum atomic E-state index is 0. The molecule has 2 aromatic carbocycles. The fourth-order valence-electron chi connectivity index (χ4n) is 3.71. The number of carbonyl (C=O) groups is 1. The molecular weight excluding hydrogens is 332 g/mol. The van der Waals surface area contributed by atoms with Crippen LogP contribution in [0.25, 0.3) is 10.8 Å². The van der Waals surface area contributed by atoms with E-state index in [9.17, 15) is 4.79 Å². The fraction of sp³-hybridized carbons (Fsp3) is 0.476. The van der Waals surface area contributed by atoms with E-state index in [2.05, 4.69) is 40.5 Å². The summed E-state index contributed by atoms with van der Waals surface area (Å²) in [6.07, 6.45) is 5.49. The van der Waals surface area contributed by atoms with E-state index in [1.807, 2.05) is 12.1 Å². The van der Waals surface area contributed by atoms with Crippen molar-refractivity contribution in [3.8, 4) is 0 Å². The number of piperidine rings is 1. The van der Waals surface area contributed by atoms with Crippen LogP contribution in [-0.4, -0.2) is 36.5 Å². The van der Waals surface area contributed by atoms with Gasteiger partial charge in [-0.2, -0.15) is 0 Å². The Balaban J connectivity index is 0.00000182. The van der Waals surface area contributed by atoms with E-state index < -0.39 is 0 Å². The molecule has 25 heavy (non-hydrogen) atoms. The second-order valence-electron chi connectivity index (χ2n) is 7.32. The van der Waals surface area contributed by atoms with Gasteiger partial charge in [-0.05, 0) is 54.5 Å². The molecule has 0 unspecified atom stereocenters. The molecular formula is C21H27ClN2O. The van der Waals surface area contributed by atoms with E-state index in [-0.39, 0.29) is 18.3 Å². The normalized spacial score (nSPS) is 18.2. The van der Waals surface area contributed by atoms with Crippen molar-refractivity contribution in [3.63, 3.8) is 0 Å². The minimum absolute atomic E-state index is 0. The number of nitrogens with one attached hydrogen (secondary N) is 1. The number of likely N-dealkylation sites (tertiary alicyclic amines) is 1. The lowest BCUT2D eigenvalue weighted by Gasteiger charge is -2.32. The number of carbonyl (C=O) groups excluding carboxylic acids is 1. The van der Waals surface area contributed by atoms with Crippen LogP contribution in [0, 0.1) is 5.92 Å². The third-order valence-corrected chi connectivity index (χ3v) is 5.46. The molecule has 1 N–H and O–H groups in total. The van der Waals surface area contributed by atoms with Crippen LogP contribution in [0.5, 0.6) is 0 Å². The van der Waals surface area contributed by atoms with Crippen molar-refractivity contribution in [1.29, 1.82) is 0 Å². The topological polar surface area (TPSA) is 32.3 Å². The molecule has 2 fully saturated rings. The number of halogens is 1. The lowest BCUT2D eigenvalue weighted by molar-refractivity contribution is -0.131. The summed E-state index contributed by atoms with van der Waals surface area (Å²) in [7, 11) is 0. The van der Waals surface area contributed by atoms with Crippen molar-refractivity contribution in [2.24, 2.45) is 5.92 Å². The van der Waals surface area contributed by atoms with Crippen LogP contribution in [-0.2, 0) is 11.2 Å². The van der Waals surface area contributed by atoms with Gasteiger partial charge in [-0.3, -0.25) is 4.79 Å². The molecule has 2 aliphatic rings. The highest BCUT2D eigenvalue weighted by atomic mass is 35.5. The molecule has 4 heteroatoms. The predicted molar refractivity (Wildman–Crippen MR) is 105 cm³/mol. The van der Waals surface area contributed by atoms with Crippen molar-refractivity contribution in [1.82, 2.24) is 10.2 Å². The lowest BCUT2D eigenvalue weighted by atomic mass is 10.00. The average molecular weight is 359 g/mol. The van der Waals surface area contributed by atoms with E-state index in [1.54, 1.807) is 0 Å². The van der Waals surface area contributed by atoms with E-state index >= 15 is 0 Å². The maximum Gasteiger partial charge on any atom is 0.227 e. The number of benzene rings is 2. The van der Waals surface area contributed by atoms with E-state index in [0.717, 1.165) is 37.4 Å². The van der Waals surface area contributed by atoms with Crippen molar-refractivity contribution in [2.75, 3.05) is 19.6 Å². The van der Waals surface area contributed by atoms with Crippen LogP contribution >= 0.6 is 12.4 Å². The first-order valence-corrected chi connectivity index (χ1v) is 9.27. The molecule has 4 rings (SSSR count). The van der Waals surface area contributed by atoms with Crippen molar-refractivity contribution in [2.45, 2.75) is 38.1 Å². The predicted octanol–water partition coefficient (Wildman–Crippen LogP) is 3.79. The first-order chi connectivity index (χ1) is 11.8. The zero-order valence-electron chi connectivity index (χ0n) is 14.6. The minimum Gasteiger partial charge on any atom is -0.342 e. The Bertz CT molecular complexity index is 715.